The van der Waals surface area contributed by atoms with Crippen LogP contribution in [0.5, 0.6) is 0 Å². The van der Waals surface area contributed by atoms with Crippen molar-refractivity contribution < 1.29 is 18.7 Å². The fourth-order valence-corrected chi connectivity index (χ4v) is 6.08. The fraction of sp³-hybridized carbons (Fsp3) is 0.750. The van der Waals surface area contributed by atoms with E-state index in [9.17, 15) is 4.79 Å². The maximum absolute atomic E-state index is 12.0. The van der Waals surface area contributed by atoms with Crippen LogP contribution >= 0.6 is 0 Å². The number of piperidine rings is 1. The number of carbonyl (C=O) groups excluding carboxylic acids is 1. The standard InChI is InChI=1S/C24H36N4O4/c1-2-30-23(29)28-13-7-17(8-14-28)26-22(25-12-6-18-5-3-15-31-18)27-20-19-9-16-32-21(19)24(20)10-4-11-24/h3,5,15,17,19-21H,2,4,6-14,16H2,1H3,(H2,25,26,27). The molecule has 176 valence electrons. The molecule has 4 fully saturated rings. The molecule has 2 aliphatic heterocycles. The lowest BCUT2D eigenvalue weighted by atomic mass is 9.46. The summed E-state index contributed by atoms with van der Waals surface area (Å²) in [6.45, 7) is 5.25. The van der Waals surface area contributed by atoms with E-state index in [0.29, 0.717) is 55.8 Å². The van der Waals surface area contributed by atoms with Gasteiger partial charge >= 0.3 is 6.09 Å². The first kappa shape index (κ1) is 21.6. The number of fused-ring (bicyclic) bond motifs is 2. The first-order chi connectivity index (χ1) is 15.7. The molecule has 2 saturated heterocycles. The number of amides is 1. The molecule has 1 aromatic rings. The lowest BCUT2D eigenvalue weighted by molar-refractivity contribution is -0.171. The van der Waals surface area contributed by atoms with E-state index in [1.807, 2.05) is 19.1 Å². The van der Waals surface area contributed by atoms with Gasteiger partial charge in [-0.25, -0.2) is 4.79 Å². The van der Waals surface area contributed by atoms with E-state index in [2.05, 4.69) is 10.6 Å². The number of furan rings is 1. The fourth-order valence-electron chi connectivity index (χ4n) is 6.08. The van der Waals surface area contributed by atoms with Crippen LogP contribution in [0.25, 0.3) is 0 Å². The van der Waals surface area contributed by atoms with Gasteiger partial charge in [-0.1, -0.05) is 6.42 Å². The largest absolute Gasteiger partial charge is 0.469 e. The van der Waals surface area contributed by atoms with E-state index in [1.165, 1.54) is 19.3 Å². The van der Waals surface area contributed by atoms with Crippen molar-refractivity contribution in [3.63, 3.8) is 0 Å². The summed E-state index contributed by atoms with van der Waals surface area (Å²) >= 11 is 0. The zero-order chi connectivity index (χ0) is 22.0. The van der Waals surface area contributed by atoms with Crippen LogP contribution in [-0.2, 0) is 15.9 Å². The quantitative estimate of drug-likeness (QED) is 0.518. The number of rotatable bonds is 6. The topological polar surface area (TPSA) is 88.3 Å². The van der Waals surface area contributed by atoms with Gasteiger partial charge in [0, 0.05) is 56.1 Å². The molecule has 0 bridgehead atoms. The van der Waals surface area contributed by atoms with Crippen molar-refractivity contribution in [1.82, 2.24) is 15.5 Å². The summed E-state index contributed by atoms with van der Waals surface area (Å²) in [6, 6.07) is 4.65. The Kier molecular flexibility index (Phi) is 6.31. The number of likely N-dealkylation sites (tertiary alicyclic amines) is 1. The highest BCUT2D eigenvalue weighted by Gasteiger charge is 2.66. The van der Waals surface area contributed by atoms with Crippen LogP contribution in [0, 0.1) is 11.3 Å². The Labute approximate surface area is 190 Å². The van der Waals surface area contributed by atoms with E-state index >= 15 is 0 Å². The highest BCUT2D eigenvalue weighted by Crippen LogP contribution is 2.62. The number of nitrogens with zero attached hydrogens (tertiary/aromatic N) is 2. The molecule has 8 nitrogen and oxygen atoms in total. The summed E-state index contributed by atoms with van der Waals surface area (Å²) in [5.41, 5.74) is 0.303. The van der Waals surface area contributed by atoms with Crippen LogP contribution in [0.2, 0.25) is 0 Å². The Hall–Kier alpha value is -2.22. The minimum Gasteiger partial charge on any atom is -0.469 e. The molecule has 1 amide bonds. The molecule has 0 radical (unpaired) electrons. The van der Waals surface area contributed by atoms with E-state index < -0.39 is 0 Å². The second-order valence-corrected chi connectivity index (χ2v) is 9.62. The summed E-state index contributed by atoms with van der Waals surface area (Å²) in [7, 11) is 0. The van der Waals surface area contributed by atoms with E-state index in [4.69, 9.17) is 18.9 Å². The van der Waals surface area contributed by atoms with Gasteiger partial charge in [-0.05, 0) is 51.2 Å². The molecular formula is C24H36N4O4. The summed E-state index contributed by atoms with van der Waals surface area (Å²) in [6.07, 6.45) is 9.46. The Bertz CT molecular complexity index is 799. The third-order valence-corrected chi connectivity index (χ3v) is 7.90. The second kappa shape index (κ2) is 9.33. The number of ether oxygens (including phenoxy) is 2. The van der Waals surface area contributed by atoms with Crippen LogP contribution in [0.3, 0.4) is 0 Å². The normalized spacial score (nSPS) is 29.2. The molecule has 8 heteroatoms. The third kappa shape index (κ3) is 4.09. The molecule has 1 aromatic heterocycles. The van der Waals surface area contributed by atoms with Gasteiger partial charge in [0.1, 0.15) is 5.76 Å². The molecule has 3 atom stereocenters. The molecule has 1 spiro atoms. The maximum Gasteiger partial charge on any atom is 0.409 e. The molecule has 4 aliphatic rings. The molecule has 2 saturated carbocycles. The highest BCUT2D eigenvalue weighted by molar-refractivity contribution is 5.81. The van der Waals surface area contributed by atoms with Gasteiger partial charge in [0.2, 0.25) is 0 Å². The van der Waals surface area contributed by atoms with Crippen LogP contribution in [0.1, 0.15) is 51.2 Å². The monoisotopic (exact) mass is 444 g/mol. The van der Waals surface area contributed by atoms with Crippen molar-refractivity contribution in [2.24, 2.45) is 16.3 Å². The van der Waals surface area contributed by atoms with Crippen molar-refractivity contribution >= 4 is 12.1 Å². The molecule has 2 aliphatic carbocycles. The van der Waals surface area contributed by atoms with Gasteiger partial charge in [0.15, 0.2) is 5.96 Å². The summed E-state index contributed by atoms with van der Waals surface area (Å²) in [5.74, 6) is 2.45. The highest BCUT2D eigenvalue weighted by atomic mass is 16.6. The molecule has 3 unspecified atom stereocenters. The Morgan fingerprint density at radius 2 is 2.12 bits per heavy atom. The Morgan fingerprint density at radius 1 is 1.28 bits per heavy atom. The molecule has 32 heavy (non-hydrogen) atoms. The van der Waals surface area contributed by atoms with Crippen LogP contribution in [0.4, 0.5) is 4.79 Å². The average Bonchev–Trinajstić information content (AvgIpc) is 3.42. The maximum atomic E-state index is 12.0. The summed E-state index contributed by atoms with van der Waals surface area (Å²) in [4.78, 5) is 18.7. The smallest absolute Gasteiger partial charge is 0.409 e. The minimum absolute atomic E-state index is 0.204. The van der Waals surface area contributed by atoms with E-state index in [-0.39, 0.29) is 6.09 Å². The van der Waals surface area contributed by atoms with E-state index in [1.54, 1.807) is 11.2 Å². The first-order valence-corrected chi connectivity index (χ1v) is 12.3. The lowest BCUT2D eigenvalue weighted by Crippen LogP contribution is -2.72. The van der Waals surface area contributed by atoms with Crippen LogP contribution in [0.15, 0.2) is 27.8 Å². The number of aliphatic imine (C=N–C) groups is 1. The molecular weight excluding hydrogens is 408 g/mol. The number of guanidine groups is 1. The Balaban J connectivity index is 1.22. The van der Waals surface area contributed by atoms with Crippen molar-refractivity contribution in [1.29, 1.82) is 0 Å². The minimum atomic E-state index is -0.204. The van der Waals surface area contributed by atoms with Gasteiger partial charge in [0.25, 0.3) is 0 Å². The number of hydrogen-bond acceptors (Lipinski definition) is 5. The number of nitrogens with one attached hydrogen (secondary N) is 2. The molecule has 2 N–H and O–H groups in total. The van der Waals surface area contributed by atoms with Gasteiger partial charge in [-0.2, -0.15) is 0 Å². The van der Waals surface area contributed by atoms with Gasteiger partial charge in [-0.3, -0.25) is 4.99 Å². The summed E-state index contributed by atoms with van der Waals surface area (Å²) < 4.78 is 16.7. The third-order valence-electron chi connectivity index (χ3n) is 7.90. The van der Waals surface area contributed by atoms with Crippen molar-refractivity contribution in [2.45, 2.75) is 70.1 Å². The molecule has 3 heterocycles. The number of carbonyl (C=O) groups is 1. The molecule has 5 rings (SSSR count). The van der Waals surface area contributed by atoms with Gasteiger partial charge in [-0.15, -0.1) is 0 Å². The summed E-state index contributed by atoms with van der Waals surface area (Å²) in [5, 5.41) is 7.50. The zero-order valence-electron chi connectivity index (χ0n) is 19.1. The van der Waals surface area contributed by atoms with Crippen molar-refractivity contribution in [3.8, 4) is 0 Å². The van der Waals surface area contributed by atoms with Crippen molar-refractivity contribution in [2.75, 3.05) is 32.8 Å². The lowest BCUT2D eigenvalue weighted by Gasteiger charge is -2.63. The Morgan fingerprint density at radius 3 is 2.81 bits per heavy atom. The molecule has 0 aromatic carbocycles. The van der Waals surface area contributed by atoms with Crippen molar-refractivity contribution in [3.05, 3.63) is 24.2 Å². The van der Waals surface area contributed by atoms with E-state index in [0.717, 1.165) is 44.0 Å². The van der Waals surface area contributed by atoms with Crippen LogP contribution < -0.4 is 10.6 Å². The predicted molar refractivity (Wildman–Crippen MR) is 121 cm³/mol. The number of hydrogen-bond donors (Lipinski definition) is 2. The predicted octanol–water partition coefficient (Wildman–Crippen LogP) is 2.94. The average molecular weight is 445 g/mol. The van der Waals surface area contributed by atoms with Gasteiger partial charge < -0.3 is 29.4 Å². The van der Waals surface area contributed by atoms with Crippen LogP contribution in [-0.4, -0.2) is 68.0 Å². The zero-order valence-corrected chi connectivity index (χ0v) is 19.1. The first-order valence-electron chi connectivity index (χ1n) is 12.3. The second-order valence-electron chi connectivity index (χ2n) is 9.62. The SMILES string of the molecule is CCOC(=O)N1CCC(NC(=NCCc2ccco2)NC2C3CCOC3C23CCC3)CC1. The van der Waals surface area contributed by atoms with Gasteiger partial charge in [0.05, 0.1) is 19.0 Å².